The molecule has 0 bridgehead atoms. The molecule has 3 N–H and O–H groups in total. The van der Waals surface area contributed by atoms with E-state index < -0.39 is 0 Å². The van der Waals surface area contributed by atoms with Crippen LogP contribution in [-0.2, 0) is 0 Å². The van der Waals surface area contributed by atoms with Gasteiger partial charge in [-0.05, 0) is 38.1 Å². The van der Waals surface area contributed by atoms with Crippen molar-refractivity contribution < 1.29 is 0 Å². The van der Waals surface area contributed by atoms with Gasteiger partial charge in [-0.3, -0.25) is 5.41 Å². The molecular weight excluding hydrogens is 186 g/mol. The highest BCUT2D eigenvalue weighted by Gasteiger charge is 2.28. The first-order valence-corrected chi connectivity index (χ1v) is 5.94. The molecule has 0 aromatic carbocycles. The van der Waals surface area contributed by atoms with E-state index in [2.05, 4.69) is 25.8 Å². The van der Waals surface area contributed by atoms with Crippen LogP contribution in [0.25, 0.3) is 0 Å². The molecule has 0 heterocycles. The summed E-state index contributed by atoms with van der Waals surface area (Å²) in [6.07, 6.45) is 5.93. The lowest BCUT2D eigenvalue weighted by Crippen LogP contribution is -2.38. The van der Waals surface area contributed by atoms with Crippen molar-refractivity contribution in [2.45, 2.75) is 52.0 Å². The second-order valence-electron chi connectivity index (χ2n) is 5.65. The van der Waals surface area contributed by atoms with Crippen LogP contribution in [0.4, 0.5) is 0 Å². The Labute approximate surface area is 93.5 Å². The third-order valence-electron chi connectivity index (χ3n) is 3.67. The lowest BCUT2D eigenvalue weighted by Gasteiger charge is -2.38. The molecule has 1 fully saturated rings. The molecule has 0 radical (unpaired) electrons. The Kier molecular flexibility index (Phi) is 4.14. The van der Waals surface area contributed by atoms with Gasteiger partial charge in [0.1, 0.15) is 0 Å². The average molecular weight is 211 g/mol. The van der Waals surface area contributed by atoms with E-state index in [0.717, 1.165) is 6.54 Å². The van der Waals surface area contributed by atoms with E-state index in [1.807, 2.05) is 0 Å². The van der Waals surface area contributed by atoms with Crippen LogP contribution in [-0.4, -0.2) is 30.4 Å². The average Bonchev–Trinajstić information content (AvgIpc) is 2.14. The van der Waals surface area contributed by atoms with Crippen LogP contribution >= 0.6 is 0 Å². The van der Waals surface area contributed by atoms with Crippen molar-refractivity contribution in [2.75, 3.05) is 13.6 Å². The number of hydrogen-bond acceptors (Lipinski definition) is 2. The highest BCUT2D eigenvalue weighted by Crippen LogP contribution is 2.36. The van der Waals surface area contributed by atoms with Crippen LogP contribution in [0.15, 0.2) is 0 Å². The summed E-state index contributed by atoms with van der Waals surface area (Å²) in [4.78, 5) is 2.37. The van der Waals surface area contributed by atoms with Gasteiger partial charge in [0.25, 0.3) is 0 Å². The van der Waals surface area contributed by atoms with Crippen LogP contribution in [0, 0.1) is 10.8 Å². The van der Waals surface area contributed by atoms with Crippen LogP contribution in [0.3, 0.4) is 0 Å². The lowest BCUT2D eigenvalue weighted by atomic mass is 9.75. The number of hydrogen-bond donors (Lipinski definition) is 2. The molecular formula is C12H25N3. The highest BCUT2D eigenvalue weighted by atomic mass is 15.1. The van der Waals surface area contributed by atoms with Gasteiger partial charge in [0, 0.05) is 19.0 Å². The van der Waals surface area contributed by atoms with Crippen LogP contribution < -0.4 is 5.73 Å². The summed E-state index contributed by atoms with van der Waals surface area (Å²) in [5.74, 6) is 0.304. The SMILES string of the molecule is CN(CCC(=N)N)C1CCC(C)(C)CC1. The molecule has 0 spiro atoms. The molecule has 0 aromatic rings. The molecule has 0 atom stereocenters. The summed E-state index contributed by atoms with van der Waals surface area (Å²) in [5, 5.41) is 7.22. The Morgan fingerprint density at radius 1 is 1.40 bits per heavy atom. The molecule has 0 amide bonds. The van der Waals surface area contributed by atoms with Crippen molar-refractivity contribution in [1.82, 2.24) is 4.90 Å². The summed E-state index contributed by atoms with van der Waals surface area (Å²) >= 11 is 0. The standard InChI is InChI=1S/C12H25N3/c1-12(2)7-4-10(5-8-12)15(3)9-6-11(13)14/h10H,4-9H2,1-3H3,(H3,13,14). The fourth-order valence-corrected chi connectivity index (χ4v) is 2.30. The maximum Gasteiger partial charge on any atom is 0.0918 e. The monoisotopic (exact) mass is 211 g/mol. The van der Waals surface area contributed by atoms with E-state index >= 15 is 0 Å². The van der Waals surface area contributed by atoms with E-state index in [-0.39, 0.29) is 0 Å². The third-order valence-corrected chi connectivity index (χ3v) is 3.67. The van der Waals surface area contributed by atoms with Crippen molar-refractivity contribution in [1.29, 1.82) is 5.41 Å². The molecule has 88 valence electrons. The summed E-state index contributed by atoms with van der Waals surface area (Å²) in [7, 11) is 2.16. The minimum atomic E-state index is 0.304. The second kappa shape index (κ2) is 4.97. The fraction of sp³-hybridized carbons (Fsp3) is 0.917. The number of amidine groups is 1. The van der Waals surface area contributed by atoms with Gasteiger partial charge in [0.2, 0.25) is 0 Å². The molecule has 1 rings (SSSR count). The molecule has 15 heavy (non-hydrogen) atoms. The van der Waals surface area contributed by atoms with E-state index in [4.69, 9.17) is 11.1 Å². The zero-order valence-electron chi connectivity index (χ0n) is 10.3. The quantitative estimate of drug-likeness (QED) is 0.553. The smallest absolute Gasteiger partial charge is 0.0918 e. The Bertz CT molecular complexity index is 213. The first-order valence-electron chi connectivity index (χ1n) is 5.94. The first-order chi connectivity index (χ1) is 6.91. The molecule has 0 saturated heterocycles. The molecule has 1 aliphatic carbocycles. The van der Waals surface area contributed by atoms with Crippen molar-refractivity contribution in [3.05, 3.63) is 0 Å². The molecule has 3 nitrogen and oxygen atoms in total. The van der Waals surface area contributed by atoms with Crippen molar-refractivity contribution in [3.63, 3.8) is 0 Å². The Morgan fingerprint density at radius 3 is 2.40 bits per heavy atom. The predicted molar refractivity (Wildman–Crippen MR) is 65.2 cm³/mol. The fourth-order valence-electron chi connectivity index (χ4n) is 2.30. The van der Waals surface area contributed by atoms with Crippen molar-refractivity contribution in [3.8, 4) is 0 Å². The number of rotatable bonds is 4. The number of nitrogens with two attached hydrogens (primary N) is 1. The number of nitrogens with one attached hydrogen (secondary N) is 1. The van der Waals surface area contributed by atoms with Crippen LogP contribution in [0.5, 0.6) is 0 Å². The Hall–Kier alpha value is -0.570. The van der Waals surface area contributed by atoms with E-state index in [1.54, 1.807) is 0 Å². The molecule has 1 aliphatic rings. The van der Waals surface area contributed by atoms with Crippen LogP contribution in [0.2, 0.25) is 0 Å². The first kappa shape index (κ1) is 12.5. The molecule has 0 aromatic heterocycles. The number of nitrogens with zero attached hydrogens (tertiary/aromatic N) is 1. The van der Waals surface area contributed by atoms with Crippen LogP contribution in [0.1, 0.15) is 46.0 Å². The van der Waals surface area contributed by atoms with Gasteiger partial charge in [-0.2, -0.15) is 0 Å². The lowest BCUT2D eigenvalue weighted by molar-refractivity contribution is 0.130. The van der Waals surface area contributed by atoms with Gasteiger partial charge in [-0.15, -0.1) is 0 Å². The van der Waals surface area contributed by atoms with Gasteiger partial charge in [0.05, 0.1) is 5.84 Å². The zero-order chi connectivity index (χ0) is 11.5. The third kappa shape index (κ3) is 4.20. The maximum atomic E-state index is 7.22. The largest absolute Gasteiger partial charge is 0.388 e. The topological polar surface area (TPSA) is 53.1 Å². The van der Waals surface area contributed by atoms with Gasteiger partial charge in [-0.25, -0.2) is 0 Å². The summed E-state index contributed by atoms with van der Waals surface area (Å²) in [6.45, 7) is 5.65. The van der Waals surface area contributed by atoms with E-state index in [9.17, 15) is 0 Å². The van der Waals surface area contributed by atoms with Gasteiger partial charge >= 0.3 is 0 Å². The van der Waals surface area contributed by atoms with Gasteiger partial charge in [0.15, 0.2) is 0 Å². The normalized spacial score (nSPS) is 21.9. The van der Waals surface area contributed by atoms with Crippen molar-refractivity contribution in [2.24, 2.45) is 11.1 Å². The van der Waals surface area contributed by atoms with Crippen molar-refractivity contribution >= 4 is 5.84 Å². The highest BCUT2D eigenvalue weighted by molar-refractivity contribution is 5.76. The van der Waals surface area contributed by atoms with Gasteiger partial charge in [-0.1, -0.05) is 13.8 Å². The molecule has 1 saturated carbocycles. The maximum absolute atomic E-state index is 7.22. The Balaban J connectivity index is 2.30. The summed E-state index contributed by atoms with van der Waals surface area (Å²) < 4.78 is 0. The zero-order valence-corrected chi connectivity index (χ0v) is 10.3. The van der Waals surface area contributed by atoms with Gasteiger partial charge < -0.3 is 10.6 Å². The predicted octanol–water partition coefficient (Wildman–Crippen LogP) is 2.21. The molecule has 0 unspecified atom stereocenters. The minimum absolute atomic E-state index is 0.304. The second-order valence-corrected chi connectivity index (χ2v) is 5.65. The van der Waals surface area contributed by atoms with E-state index in [0.29, 0.717) is 23.7 Å². The minimum Gasteiger partial charge on any atom is -0.388 e. The molecule has 0 aliphatic heterocycles. The van der Waals surface area contributed by atoms with E-state index in [1.165, 1.54) is 25.7 Å². The summed E-state index contributed by atoms with van der Waals surface area (Å²) in [5.41, 5.74) is 5.91. The molecule has 3 heteroatoms. The summed E-state index contributed by atoms with van der Waals surface area (Å²) in [6, 6.07) is 0.706. The Morgan fingerprint density at radius 2 is 1.93 bits per heavy atom.